The fourth-order valence-electron chi connectivity index (χ4n) is 3.50. The maximum Gasteiger partial charge on any atom is 0.416 e. The van der Waals surface area contributed by atoms with Gasteiger partial charge in [-0.2, -0.15) is 13.2 Å². The second-order valence-electron chi connectivity index (χ2n) is 6.97. The average molecular weight is 403 g/mol. The van der Waals surface area contributed by atoms with Gasteiger partial charge in [-0.3, -0.25) is 9.20 Å². The molecule has 9 heteroatoms. The summed E-state index contributed by atoms with van der Waals surface area (Å²) in [5.41, 5.74) is 0.446. The van der Waals surface area contributed by atoms with E-state index in [1.54, 1.807) is 33.7 Å². The molecule has 6 nitrogen and oxygen atoms in total. The summed E-state index contributed by atoms with van der Waals surface area (Å²) in [7, 11) is 0. The first-order chi connectivity index (χ1) is 13.9. The van der Waals surface area contributed by atoms with Gasteiger partial charge in [0.1, 0.15) is 0 Å². The van der Waals surface area contributed by atoms with Gasteiger partial charge in [0.25, 0.3) is 5.91 Å². The monoisotopic (exact) mass is 403 g/mol. The number of hydrogen-bond acceptors (Lipinski definition) is 4. The van der Waals surface area contributed by atoms with Gasteiger partial charge >= 0.3 is 6.18 Å². The van der Waals surface area contributed by atoms with Crippen LogP contribution in [0.1, 0.15) is 22.8 Å². The highest BCUT2D eigenvalue weighted by Crippen LogP contribution is 2.31. The number of rotatable bonds is 3. The topological polar surface area (TPSA) is 53.7 Å². The van der Waals surface area contributed by atoms with Crippen molar-refractivity contribution in [2.75, 3.05) is 32.7 Å². The van der Waals surface area contributed by atoms with Crippen LogP contribution >= 0.6 is 0 Å². The molecule has 4 rings (SSSR count). The highest BCUT2D eigenvalue weighted by molar-refractivity contribution is 5.94. The Morgan fingerprint density at radius 1 is 1.07 bits per heavy atom. The summed E-state index contributed by atoms with van der Waals surface area (Å²) in [5.74, 6) is 0.155. The van der Waals surface area contributed by atoms with Crippen molar-refractivity contribution in [1.29, 1.82) is 0 Å². The van der Waals surface area contributed by atoms with Crippen molar-refractivity contribution in [3.8, 4) is 11.4 Å². The number of aromatic nitrogens is 3. The number of benzene rings is 1. The fraction of sp³-hybridized carbons (Fsp3) is 0.350. The molecular weight excluding hydrogens is 383 g/mol. The van der Waals surface area contributed by atoms with E-state index in [1.165, 1.54) is 6.07 Å². The largest absolute Gasteiger partial charge is 0.416 e. The van der Waals surface area contributed by atoms with E-state index in [4.69, 9.17) is 0 Å². The van der Waals surface area contributed by atoms with Crippen molar-refractivity contribution in [3.63, 3.8) is 0 Å². The third-order valence-corrected chi connectivity index (χ3v) is 5.20. The minimum atomic E-state index is -4.45. The predicted molar refractivity (Wildman–Crippen MR) is 101 cm³/mol. The predicted octanol–water partition coefficient (Wildman–Crippen LogP) is 3.19. The van der Waals surface area contributed by atoms with Crippen LogP contribution in [0.5, 0.6) is 0 Å². The van der Waals surface area contributed by atoms with E-state index in [-0.39, 0.29) is 17.3 Å². The Kier molecular flexibility index (Phi) is 4.99. The molecule has 1 amide bonds. The summed E-state index contributed by atoms with van der Waals surface area (Å²) < 4.78 is 40.7. The summed E-state index contributed by atoms with van der Waals surface area (Å²) in [6, 6.07) is 8.26. The minimum absolute atomic E-state index is 0.105. The van der Waals surface area contributed by atoms with E-state index in [0.29, 0.717) is 24.3 Å². The van der Waals surface area contributed by atoms with Gasteiger partial charge in [-0.1, -0.05) is 19.1 Å². The van der Waals surface area contributed by atoms with E-state index < -0.39 is 11.7 Å². The molecule has 0 unspecified atom stereocenters. The number of hydrogen-bond donors (Lipinski definition) is 0. The molecule has 1 aromatic carbocycles. The fourth-order valence-corrected chi connectivity index (χ4v) is 3.50. The molecule has 0 saturated carbocycles. The zero-order valence-electron chi connectivity index (χ0n) is 15.9. The van der Waals surface area contributed by atoms with Crippen LogP contribution in [0.4, 0.5) is 13.2 Å². The molecule has 1 saturated heterocycles. The number of piperazine rings is 1. The Hall–Kier alpha value is -2.94. The minimum Gasteiger partial charge on any atom is -0.336 e. The quantitative estimate of drug-likeness (QED) is 0.674. The van der Waals surface area contributed by atoms with Gasteiger partial charge in [-0.05, 0) is 30.8 Å². The van der Waals surface area contributed by atoms with Crippen LogP contribution in [-0.2, 0) is 6.18 Å². The molecular formula is C20H20F3N5O. The lowest BCUT2D eigenvalue weighted by Gasteiger charge is -2.34. The van der Waals surface area contributed by atoms with E-state index in [1.807, 2.05) is 0 Å². The first kappa shape index (κ1) is 19.4. The summed E-state index contributed by atoms with van der Waals surface area (Å²) in [5, 5.41) is 8.06. The highest BCUT2D eigenvalue weighted by atomic mass is 19.4. The first-order valence-electron chi connectivity index (χ1n) is 9.41. The van der Waals surface area contributed by atoms with E-state index in [2.05, 4.69) is 22.0 Å². The molecule has 3 heterocycles. The van der Waals surface area contributed by atoms with Crippen molar-refractivity contribution in [2.24, 2.45) is 0 Å². The smallest absolute Gasteiger partial charge is 0.336 e. The van der Waals surface area contributed by atoms with Gasteiger partial charge in [0.15, 0.2) is 11.5 Å². The molecule has 0 spiro atoms. The van der Waals surface area contributed by atoms with Crippen molar-refractivity contribution >= 4 is 11.6 Å². The number of carbonyl (C=O) groups is 1. The zero-order valence-corrected chi connectivity index (χ0v) is 15.9. The third kappa shape index (κ3) is 3.82. The first-order valence-corrected chi connectivity index (χ1v) is 9.41. The van der Waals surface area contributed by atoms with E-state index in [0.717, 1.165) is 31.8 Å². The van der Waals surface area contributed by atoms with Crippen LogP contribution in [0.3, 0.4) is 0 Å². The lowest BCUT2D eigenvalue weighted by atomic mass is 10.1. The zero-order chi connectivity index (χ0) is 20.6. The Balaban J connectivity index is 1.66. The van der Waals surface area contributed by atoms with Gasteiger partial charge < -0.3 is 9.80 Å². The summed E-state index contributed by atoms with van der Waals surface area (Å²) in [4.78, 5) is 17.0. The van der Waals surface area contributed by atoms with Crippen LogP contribution < -0.4 is 0 Å². The molecule has 0 bridgehead atoms. The van der Waals surface area contributed by atoms with Crippen LogP contribution in [0.2, 0.25) is 0 Å². The number of likely N-dealkylation sites (N-methyl/N-ethyl adjacent to an activating group) is 1. The second-order valence-corrected chi connectivity index (χ2v) is 6.97. The van der Waals surface area contributed by atoms with Crippen LogP contribution in [0.25, 0.3) is 17.0 Å². The van der Waals surface area contributed by atoms with Crippen LogP contribution in [0.15, 0.2) is 42.6 Å². The highest BCUT2D eigenvalue weighted by Gasteiger charge is 2.31. The van der Waals surface area contributed by atoms with Gasteiger partial charge in [-0.15, -0.1) is 10.2 Å². The maximum atomic E-state index is 13.1. The molecule has 29 heavy (non-hydrogen) atoms. The SMILES string of the molecule is CCN1CCN(C(=O)c2ccc3nnc(-c4cccc(C(F)(F)F)c4)n3c2)CC1. The summed E-state index contributed by atoms with van der Waals surface area (Å²) in [6.07, 6.45) is -2.85. The number of nitrogens with zero attached hydrogens (tertiary/aromatic N) is 5. The van der Waals surface area contributed by atoms with Crippen molar-refractivity contribution in [2.45, 2.75) is 13.1 Å². The van der Waals surface area contributed by atoms with Crippen LogP contribution in [0, 0.1) is 0 Å². The second kappa shape index (κ2) is 7.47. The number of amides is 1. The molecule has 0 N–H and O–H groups in total. The van der Waals surface area contributed by atoms with Gasteiger partial charge in [0.2, 0.25) is 0 Å². The number of halogens is 3. The standard InChI is InChI=1S/C20H20F3N5O/c1-2-26-8-10-27(11-9-26)19(29)15-6-7-17-24-25-18(28(17)13-15)14-4-3-5-16(12-14)20(21,22)23/h3-7,12-13H,2,8-11H2,1H3. The Morgan fingerprint density at radius 3 is 2.52 bits per heavy atom. The Bertz CT molecular complexity index is 1040. The number of pyridine rings is 1. The summed E-state index contributed by atoms with van der Waals surface area (Å²) in [6.45, 7) is 5.99. The maximum absolute atomic E-state index is 13.1. The van der Waals surface area contributed by atoms with Crippen molar-refractivity contribution in [1.82, 2.24) is 24.4 Å². The third-order valence-electron chi connectivity index (χ3n) is 5.20. The van der Waals surface area contributed by atoms with Gasteiger partial charge in [0, 0.05) is 37.9 Å². The molecule has 0 atom stereocenters. The summed E-state index contributed by atoms with van der Waals surface area (Å²) >= 11 is 0. The van der Waals surface area contributed by atoms with Crippen molar-refractivity contribution in [3.05, 3.63) is 53.7 Å². The molecule has 3 aromatic rings. The molecule has 152 valence electrons. The van der Waals surface area contributed by atoms with Gasteiger partial charge in [-0.25, -0.2) is 0 Å². The van der Waals surface area contributed by atoms with Gasteiger partial charge in [0.05, 0.1) is 11.1 Å². The normalized spacial score (nSPS) is 15.8. The number of carbonyl (C=O) groups excluding carboxylic acids is 1. The lowest BCUT2D eigenvalue weighted by Crippen LogP contribution is -2.48. The van der Waals surface area contributed by atoms with Crippen LogP contribution in [-0.4, -0.2) is 63.0 Å². The Labute approximate surface area is 165 Å². The van der Waals surface area contributed by atoms with E-state index >= 15 is 0 Å². The van der Waals surface area contributed by atoms with Crippen molar-refractivity contribution < 1.29 is 18.0 Å². The number of alkyl halides is 3. The molecule has 0 radical (unpaired) electrons. The lowest BCUT2D eigenvalue weighted by molar-refractivity contribution is -0.137. The number of fused-ring (bicyclic) bond motifs is 1. The van der Waals surface area contributed by atoms with E-state index in [9.17, 15) is 18.0 Å². The molecule has 0 aliphatic carbocycles. The Morgan fingerprint density at radius 2 is 1.83 bits per heavy atom. The molecule has 1 aliphatic rings. The molecule has 2 aromatic heterocycles. The molecule has 1 aliphatic heterocycles. The average Bonchev–Trinajstić information content (AvgIpc) is 3.16. The molecule has 1 fully saturated rings.